The summed E-state index contributed by atoms with van der Waals surface area (Å²) in [5.41, 5.74) is 4.00. The van der Waals surface area contributed by atoms with E-state index >= 15 is 0 Å². The number of carbonyl (C=O) groups excluding carboxylic acids is 1. The van der Waals surface area contributed by atoms with Gasteiger partial charge in [-0.15, -0.1) is 0 Å². The lowest BCUT2D eigenvalue weighted by molar-refractivity contribution is -0.120. The molecular formula is C15H23N3O. The Bertz CT molecular complexity index is 431. The molecule has 0 unspecified atom stereocenters. The van der Waals surface area contributed by atoms with Crippen LogP contribution >= 0.6 is 0 Å². The summed E-state index contributed by atoms with van der Waals surface area (Å²) in [5, 5.41) is 9.63. The summed E-state index contributed by atoms with van der Waals surface area (Å²) in [6.07, 6.45) is 2.91. The lowest BCUT2D eigenvalue weighted by Crippen LogP contribution is -2.27. The highest BCUT2D eigenvalue weighted by atomic mass is 16.1. The Kier molecular flexibility index (Phi) is 5.21. The summed E-state index contributed by atoms with van der Waals surface area (Å²) in [6.45, 7) is 5.23. The molecule has 0 atom stereocenters. The molecular weight excluding hydrogens is 238 g/mol. The van der Waals surface area contributed by atoms with Crippen molar-refractivity contribution in [2.45, 2.75) is 32.7 Å². The Morgan fingerprint density at radius 1 is 1.42 bits per heavy atom. The molecule has 0 aromatic heterocycles. The number of hydrogen-bond acceptors (Lipinski definition) is 3. The first-order chi connectivity index (χ1) is 9.31. The van der Waals surface area contributed by atoms with Crippen LogP contribution in [0, 0.1) is 0 Å². The van der Waals surface area contributed by atoms with Crippen molar-refractivity contribution in [1.82, 2.24) is 10.6 Å². The van der Waals surface area contributed by atoms with Gasteiger partial charge in [0.05, 0.1) is 0 Å². The zero-order valence-electron chi connectivity index (χ0n) is 11.6. The molecule has 1 aliphatic rings. The Labute approximate surface area is 115 Å². The van der Waals surface area contributed by atoms with Crippen LogP contribution in [0.5, 0.6) is 0 Å². The number of benzene rings is 1. The average molecular weight is 261 g/mol. The van der Waals surface area contributed by atoms with E-state index < -0.39 is 0 Å². The van der Waals surface area contributed by atoms with Crippen molar-refractivity contribution in [2.24, 2.45) is 0 Å². The molecule has 0 fully saturated rings. The predicted molar refractivity (Wildman–Crippen MR) is 78.3 cm³/mol. The predicted octanol–water partition coefficient (Wildman–Crippen LogP) is 1.66. The smallest absolute Gasteiger partial charge is 0.221 e. The van der Waals surface area contributed by atoms with Crippen LogP contribution < -0.4 is 16.0 Å². The molecule has 0 spiro atoms. The first kappa shape index (κ1) is 13.9. The number of hydrogen-bond donors (Lipinski definition) is 3. The molecule has 0 bridgehead atoms. The van der Waals surface area contributed by atoms with Crippen LogP contribution in [0.3, 0.4) is 0 Å². The zero-order valence-corrected chi connectivity index (χ0v) is 11.6. The average Bonchev–Trinajstić information content (AvgIpc) is 2.44. The molecule has 0 aliphatic carbocycles. The molecule has 4 heteroatoms. The molecule has 2 rings (SSSR count). The standard InChI is InChI=1S/C15H23N3O/c1-2-17-14(19)8-10-16-11-13-6-3-5-12-7-4-9-18-15(12)13/h3,5-6,16,18H,2,4,7-11H2,1H3,(H,17,19). The van der Waals surface area contributed by atoms with E-state index in [0.29, 0.717) is 13.0 Å². The van der Waals surface area contributed by atoms with Crippen LogP contribution in [0.15, 0.2) is 18.2 Å². The highest BCUT2D eigenvalue weighted by molar-refractivity contribution is 5.75. The number of para-hydroxylation sites is 1. The van der Waals surface area contributed by atoms with Gasteiger partial charge in [0.25, 0.3) is 0 Å². The van der Waals surface area contributed by atoms with E-state index in [1.54, 1.807) is 0 Å². The Balaban J connectivity index is 1.81. The monoisotopic (exact) mass is 261 g/mol. The van der Waals surface area contributed by atoms with E-state index in [9.17, 15) is 4.79 Å². The van der Waals surface area contributed by atoms with Gasteiger partial charge in [0.15, 0.2) is 0 Å². The van der Waals surface area contributed by atoms with E-state index in [1.807, 2.05) is 6.92 Å². The zero-order chi connectivity index (χ0) is 13.5. The van der Waals surface area contributed by atoms with Crippen LogP contribution in [0.1, 0.15) is 30.9 Å². The van der Waals surface area contributed by atoms with Crippen molar-refractivity contribution in [2.75, 3.05) is 25.0 Å². The maximum absolute atomic E-state index is 11.3. The summed E-state index contributed by atoms with van der Waals surface area (Å²) in [7, 11) is 0. The van der Waals surface area contributed by atoms with Crippen molar-refractivity contribution >= 4 is 11.6 Å². The van der Waals surface area contributed by atoms with E-state index in [2.05, 4.69) is 34.1 Å². The number of aryl methyl sites for hydroxylation is 1. The maximum Gasteiger partial charge on any atom is 0.221 e. The third-order valence-corrected chi connectivity index (χ3v) is 3.38. The summed E-state index contributed by atoms with van der Waals surface area (Å²) >= 11 is 0. The van der Waals surface area contributed by atoms with Gasteiger partial charge < -0.3 is 16.0 Å². The van der Waals surface area contributed by atoms with Crippen molar-refractivity contribution < 1.29 is 4.79 Å². The minimum atomic E-state index is 0.114. The number of rotatable bonds is 6. The minimum Gasteiger partial charge on any atom is -0.385 e. The van der Waals surface area contributed by atoms with Crippen LogP contribution in [0.4, 0.5) is 5.69 Å². The van der Waals surface area contributed by atoms with Crippen LogP contribution in [0.2, 0.25) is 0 Å². The summed E-state index contributed by atoms with van der Waals surface area (Å²) < 4.78 is 0. The SMILES string of the molecule is CCNC(=O)CCNCc1cccc2c1NCCC2. The second-order valence-corrected chi connectivity index (χ2v) is 4.86. The first-order valence-corrected chi connectivity index (χ1v) is 7.13. The molecule has 1 amide bonds. The van der Waals surface area contributed by atoms with E-state index in [0.717, 1.165) is 26.1 Å². The minimum absolute atomic E-state index is 0.114. The second-order valence-electron chi connectivity index (χ2n) is 4.86. The third kappa shape index (κ3) is 3.96. The molecule has 104 valence electrons. The second kappa shape index (κ2) is 7.14. The Hall–Kier alpha value is -1.55. The van der Waals surface area contributed by atoms with Gasteiger partial charge in [-0.2, -0.15) is 0 Å². The number of carbonyl (C=O) groups is 1. The highest BCUT2D eigenvalue weighted by Gasteiger charge is 2.11. The van der Waals surface area contributed by atoms with Crippen molar-refractivity contribution in [1.29, 1.82) is 0 Å². The van der Waals surface area contributed by atoms with Gasteiger partial charge in [-0.3, -0.25) is 4.79 Å². The topological polar surface area (TPSA) is 53.2 Å². The van der Waals surface area contributed by atoms with Crippen LogP contribution in [-0.4, -0.2) is 25.5 Å². The van der Waals surface area contributed by atoms with Crippen LogP contribution in [0.25, 0.3) is 0 Å². The fourth-order valence-corrected chi connectivity index (χ4v) is 2.44. The molecule has 0 radical (unpaired) electrons. The molecule has 3 N–H and O–H groups in total. The van der Waals surface area contributed by atoms with Crippen molar-refractivity contribution in [3.05, 3.63) is 29.3 Å². The van der Waals surface area contributed by atoms with Crippen LogP contribution in [-0.2, 0) is 17.8 Å². The van der Waals surface area contributed by atoms with Crippen molar-refractivity contribution in [3.8, 4) is 0 Å². The number of anilines is 1. The molecule has 1 aliphatic heterocycles. The van der Waals surface area contributed by atoms with Crippen molar-refractivity contribution in [3.63, 3.8) is 0 Å². The molecule has 0 saturated heterocycles. The molecule has 4 nitrogen and oxygen atoms in total. The van der Waals surface area contributed by atoms with Gasteiger partial charge in [0, 0.05) is 38.3 Å². The van der Waals surface area contributed by atoms with E-state index in [4.69, 9.17) is 0 Å². The van der Waals surface area contributed by atoms with Gasteiger partial charge in [-0.25, -0.2) is 0 Å². The Morgan fingerprint density at radius 2 is 2.32 bits per heavy atom. The molecule has 0 saturated carbocycles. The molecule has 1 aromatic rings. The van der Waals surface area contributed by atoms with E-state index in [1.165, 1.54) is 23.2 Å². The number of amides is 1. The van der Waals surface area contributed by atoms with Gasteiger partial charge >= 0.3 is 0 Å². The molecule has 19 heavy (non-hydrogen) atoms. The van der Waals surface area contributed by atoms with Gasteiger partial charge in [0.2, 0.25) is 5.91 Å². The van der Waals surface area contributed by atoms with Gasteiger partial charge in [0.1, 0.15) is 0 Å². The number of nitrogens with one attached hydrogen (secondary N) is 3. The molecule has 1 aromatic carbocycles. The Morgan fingerprint density at radius 3 is 3.16 bits per heavy atom. The highest BCUT2D eigenvalue weighted by Crippen LogP contribution is 2.25. The summed E-state index contributed by atoms with van der Waals surface area (Å²) in [6, 6.07) is 6.46. The van der Waals surface area contributed by atoms with E-state index in [-0.39, 0.29) is 5.91 Å². The fraction of sp³-hybridized carbons (Fsp3) is 0.533. The quantitative estimate of drug-likeness (QED) is 0.683. The summed E-state index contributed by atoms with van der Waals surface area (Å²) in [5.74, 6) is 0.114. The number of fused-ring (bicyclic) bond motifs is 1. The fourth-order valence-electron chi connectivity index (χ4n) is 2.44. The van der Waals surface area contributed by atoms with Gasteiger partial charge in [-0.05, 0) is 30.9 Å². The largest absolute Gasteiger partial charge is 0.385 e. The molecule has 1 heterocycles. The maximum atomic E-state index is 11.3. The summed E-state index contributed by atoms with van der Waals surface area (Å²) in [4.78, 5) is 11.3. The first-order valence-electron chi connectivity index (χ1n) is 7.13. The normalized spacial score (nSPS) is 13.5. The lowest BCUT2D eigenvalue weighted by Gasteiger charge is -2.21. The third-order valence-electron chi connectivity index (χ3n) is 3.38. The lowest BCUT2D eigenvalue weighted by atomic mass is 9.99. The van der Waals surface area contributed by atoms with Gasteiger partial charge in [-0.1, -0.05) is 18.2 Å².